The van der Waals surface area contributed by atoms with Crippen LogP contribution in [-0.2, 0) is 0 Å². The number of rotatable bonds is 2. The zero-order valence-corrected chi connectivity index (χ0v) is 10.1. The molecular formula is C15H9FN2O. The minimum absolute atomic E-state index is 0.0999. The predicted molar refractivity (Wildman–Crippen MR) is 67.1 cm³/mol. The van der Waals surface area contributed by atoms with Gasteiger partial charge in [0.2, 0.25) is 0 Å². The maximum absolute atomic E-state index is 13.4. The van der Waals surface area contributed by atoms with Crippen LogP contribution in [0.4, 0.5) is 4.39 Å². The van der Waals surface area contributed by atoms with Crippen molar-refractivity contribution in [3.8, 4) is 23.6 Å². The number of aryl methyl sites for hydroxylation is 1. The highest BCUT2D eigenvalue weighted by atomic mass is 19.1. The van der Waals surface area contributed by atoms with Gasteiger partial charge in [-0.15, -0.1) is 0 Å². The van der Waals surface area contributed by atoms with Crippen LogP contribution in [0.1, 0.15) is 16.7 Å². The van der Waals surface area contributed by atoms with Gasteiger partial charge in [0, 0.05) is 0 Å². The molecule has 4 heteroatoms. The molecule has 92 valence electrons. The summed E-state index contributed by atoms with van der Waals surface area (Å²) < 4.78 is 18.9. The topological polar surface area (TPSA) is 56.8 Å². The molecule has 0 unspecified atom stereocenters. The molecule has 0 aliphatic carbocycles. The quantitative estimate of drug-likeness (QED) is 0.819. The Labute approximate surface area is 110 Å². The predicted octanol–water partition coefficient (Wildman–Crippen LogP) is 3.67. The van der Waals surface area contributed by atoms with Crippen LogP contribution in [0.15, 0.2) is 36.4 Å². The van der Waals surface area contributed by atoms with Crippen LogP contribution in [-0.4, -0.2) is 0 Å². The van der Waals surface area contributed by atoms with Crippen molar-refractivity contribution >= 4 is 0 Å². The largest absolute Gasteiger partial charge is 0.454 e. The number of nitrogens with zero attached hydrogens (tertiary/aromatic N) is 2. The maximum atomic E-state index is 13.4. The minimum atomic E-state index is -0.648. The van der Waals surface area contributed by atoms with Crippen molar-refractivity contribution in [2.45, 2.75) is 6.92 Å². The molecule has 0 heterocycles. The van der Waals surface area contributed by atoms with Crippen LogP contribution in [0, 0.1) is 35.4 Å². The second kappa shape index (κ2) is 5.20. The van der Waals surface area contributed by atoms with E-state index in [0.29, 0.717) is 11.3 Å². The van der Waals surface area contributed by atoms with Gasteiger partial charge in [-0.1, -0.05) is 12.1 Å². The summed E-state index contributed by atoms with van der Waals surface area (Å²) in [6.45, 7) is 1.85. The Morgan fingerprint density at radius 2 is 1.84 bits per heavy atom. The van der Waals surface area contributed by atoms with E-state index in [-0.39, 0.29) is 11.3 Å². The molecule has 0 saturated carbocycles. The first-order valence-electron chi connectivity index (χ1n) is 5.53. The average molecular weight is 252 g/mol. The van der Waals surface area contributed by atoms with Crippen LogP contribution in [0.2, 0.25) is 0 Å². The Morgan fingerprint density at radius 3 is 2.53 bits per heavy atom. The number of nitriles is 2. The molecule has 0 atom stereocenters. The third-order valence-electron chi connectivity index (χ3n) is 2.56. The van der Waals surface area contributed by atoms with Gasteiger partial charge < -0.3 is 4.74 Å². The average Bonchev–Trinajstić information content (AvgIpc) is 2.41. The summed E-state index contributed by atoms with van der Waals surface area (Å²) in [6.07, 6.45) is 0. The van der Waals surface area contributed by atoms with Crippen LogP contribution in [0.5, 0.6) is 11.5 Å². The Bertz CT molecular complexity index is 711. The molecule has 0 fully saturated rings. The third-order valence-corrected chi connectivity index (χ3v) is 2.56. The van der Waals surface area contributed by atoms with Gasteiger partial charge in [-0.25, -0.2) is 4.39 Å². The molecule has 0 amide bonds. The van der Waals surface area contributed by atoms with Crippen molar-refractivity contribution in [3.63, 3.8) is 0 Å². The lowest BCUT2D eigenvalue weighted by Gasteiger charge is -2.09. The monoisotopic (exact) mass is 252 g/mol. The second-order valence-corrected chi connectivity index (χ2v) is 3.94. The van der Waals surface area contributed by atoms with E-state index in [1.807, 2.05) is 13.0 Å². The summed E-state index contributed by atoms with van der Waals surface area (Å²) >= 11 is 0. The molecule has 0 saturated heterocycles. The van der Waals surface area contributed by atoms with Crippen LogP contribution >= 0.6 is 0 Å². The molecule has 2 aromatic rings. The molecular weight excluding hydrogens is 243 g/mol. The van der Waals surface area contributed by atoms with E-state index in [9.17, 15) is 4.39 Å². The highest BCUT2D eigenvalue weighted by Gasteiger charge is 2.12. The van der Waals surface area contributed by atoms with Gasteiger partial charge in [0.05, 0.1) is 5.56 Å². The summed E-state index contributed by atoms with van der Waals surface area (Å²) in [6, 6.07) is 13.0. The number of hydrogen-bond donors (Lipinski definition) is 0. The first kappa shape index (κ1) is 12.6. The lowest BCUT2D eigenvalue weighted by atomic mass is 10.1. The fraction of sp³-hybridized carbons (Fsp3) is 0.0667. The molecule has 19 heavy (non-hydrogen) atoms. The van der Waals surface area contributed by atoms with Crippen molar-refractivity contribution in [3.05, 3.63) is 58.9 Å². The minimum Gasteiger partial charge on any atom is -0.454 e. The number of hydrogen-bond acceptors (Lipinski definition) is 3. The molecule has 0 aliphatic heterocycles. The van der Waals surface area contributed by atoms with Crippen molar-refractivity contribution in [1.82, 2.24) is 0 Å². The van der Waals surface area contributed by atoms with E-state index in [0.717, 1.165) is 5.56 Å². The van der Waals surface area contributed by atoms with Gasteiger partial charge in [0.25, 0.3) is 0 Å². The summed E-state index contributed by atoms with van der Waals surface area (Å²) in [5.74, 6) is -0.247. The molecule has 0 aromatic heterocycles. The maximum Gasteiger partial charge on any atom is 0.148 e. The lowest BCUT2D eigenvalue weighted by Crippen LogP contribution is -1.94. The molecule has 0 spiro atoms. The summed E-state index contributed by atoms with van der Waals surface area (Å²) in [5, 5.41) is 17.9. The van der Waals surface area contributed by atoms with Crippen molar-refractivity contribution in [1.29, 1.82) is 10.5 Å². The van der Waals surface area contributed by atoms with Crippen molar-refractivity contribution < 1.29 is 9.13 Å². The van der Waals surface area contributed by atoms with Gasteiger partial charge in [-0.05, 0) is 36.8 Å². The lowest BCUT2D eigenvalue weighted by molar-refractivity contribution is 0.473. The highest BCUT2D eigenvalue weighted by Crippen LogP contribution is 2.29. The summed E-state index contributed by atoms with van der Waals surface area (Å²) in [5.41, 5.74) is 1.09. The fourth-order valence-corrected chi connectivity index (χ4v) is 1.64. The summed E-state index contributed by atoms with van der Waals surface area (Å²) in [4.78, 5) is 0. The number of halogens is 1. The first-order valence-corrected chi connectivity index (χ1v) is 5.53. The van der Waals surface area contributed by atoms with E-state index in [1.54, 1.807) is 24.3 Å². The van der Waals surface area contributed by atoms with Crippen LogP contribution < -0.4 is 4.74 Å². The molecule has 3 nitrogen and oxygen atoms in total. The molecule has 0 N–H and O–H groups in total. The molecule has 2 rings (SSSR count). The third kappa shape index (κ3) is 2.53. The van der Waals surface area contributed by atoms with E-state index >= 15 is 0 Å². The van der Waals surface area contributed by atoms with E-state index in [4.69, 9.17) is 15.3 Å². The highest BCUT2D eigenvalue weighted by molar-refractivity contribution is 5.50. The molecule has 0 bridgehead atoms. The second-order valence-electron chi connectivity index (χ2n) is 3.94. The smallest absolute Gasteiger partial charge is 0.148 e. The number of ether oxygens (including phenoxy) is 1. The zero-order chi connectivity index (χ0) is 13.8. The van der Waals surface area contributed by atoms with Crippen LogP contribution in [0.25, 0.3) is 0 Å². The Hall–Kier alpha value is -2.85. The van der Waals surface area contributed by atoms with Crippen molar-refractivity contribution in [2.75, 3.05) is 0 Å². The van der Waals surface area contributed by atoms with Gasteiger partial charge in [0.1, 0.15) is 35.0 Å². The Balaban J connectivity index is 2.46. The number of benzene rings is 2. The fourth-order valence-electron chi connectivity index (χ4n) is 1.64. The Morgan fingerprint density at radius 1 is 1.05 bits per heavy atom. The first-order chi connectivity index (χ1) is 9.15. The zero-order valence-electron chi connectivity index (χ0n) is 10.1. The standard InChI is InChI=1S/C15H9FN2O/c1-10-5-6-14(11(7-10)8-17)19-15-4-2-3-13(16)12(15)9-18/h2-7H,1H3. The molecule has 2 aromatic carbocycles. The van der Waals surface area contributed by atoms with Gasteiger partial charge in [-0.2, -0.15) is 10.5 Å². The van der Waals surface area contributed by atoms with E-state index in [2.05, 4.69) is 0 Å². The van der Waals surface area contributed by atoms with Gasteiger partial charge in [-0.3, -0.25) is 0 Å². The van der Waals surface area contributed by atoms with Gasteiger partial charge in [0.15, 0.2) is 0 Å². The molecule has 0 aliphatic rings. The van der Waals surface area contributed by atoms with Crippen molar-refractivity contribution in [2.24, 2.45) is 0 Å². The van der Waals surface area contributed by atoms with Gasteiger partial charge >= 0.3 is 0 Å². The normalized spacial score (nSPS) is 9.47. The molecule has 0 radical (unpaired) electrons. The summed E-state index contributed by atoms with van der Waals surface area (Å²) in [7, 11) is 0. The van der Waals surface area contributed by atoms with E-state index in [1.165, 1.54) is 18.2 Å². The SMILES string of the molecule is Cc1ccc(Oc2cccc(F)c2C#N)c(C#N)c1. The van der Waals surface area contributed by atoms with Crippen LogP contribution in [0.3, 0.4) is 0 Å². The van der Waals surface area contributed by atoms with E-state index < -0.39 is 5.82 Å². The Kier molecular flexibility index (Phi) is 3.45.